The van der Waals surface area contributed by atoms with Crippen molar-refractivity contribution in [1.29, 1.82) is 0 Å². The topological polar surface area (TPSA) is 151 Å². The van der Waals surface area contributed by atoms with E-state index in [-0.39, 0.29) is 19.6 Å². The van der Waals surface area contributed by atoms with Crippen molar-refractivity contribution in [3.63, 3.8) is 0 Å². The second-order valence-corrected chi connectivity index (χ2v) is 15.5. The molecule has 0 aromatic rings. The Balaban J connectivity index is 4.31. The van der Waals surface area contributed by atoms with E-state index in [0.29, 0.717) is 12.8 Å². The number of nitrogens with one attached hydrogen (secondary N) is 1. The second-order valence-electron chi connectivity index (χ2n) is 14.0. The number of rotatable bonds is 38. The van der Waals surface area contributed by atoms with Crippen LogP contribution in [0.25, 0.3) is 0 Å². The van der Waals surface area contributed by atoms with E-state index in [2.05, 4.69) is 31.3 Å². The van der Waals surface area contributed by atoms with Crippen molar-refractivity contribution in [3.05, 3.63) is 24.3 Å². The molecule has 0 spiro atoms. The Bertz CT molecular complexity index is 858. The molecule has 9 nitrogen and oxygen atoms in total. The number of carbonyl (C=O) groups excluding carboxylic acids is 1. The highest BCUT2D eigenvalue weighted by molar-refractivity contribution is 7.47. The van der Waals surface area contributed by atoms with Crippen LogP contribution >= 0.6 is 7.82 Å². The highest BCUT2D eigenvalue weighted by Gasteiger charge is 2.27. The summed E-state index contributed by atoms with van der Waals surface area (Å²) >= 11 is 0. The summed E-state index contributed by atoms with van der Waals surface area (Å²) in [6, 6.07) is -0.994. The van der Waals surface area contributed by atoms with E-state index in [4.69, 9.17) is 14.8 Å². The fraction of sp³-hybridized carbons (Fsp3) is 0.875. The Labute approximate surface area is 307 Å². The molecule has 0 aliphatic rings. The largest absolute Gasteiger partial charge is 0.472 e. The Kier molecular flexibility index (Phi) is 35.5. The van der Waals surface area contributed by atoms with Gasteiger partial charge in [-0.2, -0.15) is 0 Å². The van der Waals surface area contributed by atoms with Crippen LogP contribution in [0.2, 0.25) is 0 Å². The molecule has 0 heterocycles. The van der Waals surface area contributed by atoms with Gasteiger partial charge in [-0.05, 0) is 32.1 Å². The van der Waals surface area contributed by atoms with Gasteiger partial charge < -0.3 is 26.2 Å². The number of nitrogens with two attached hydrogens (primary N) is 1. The summed E-state index contributed by atoms with van der Waals surface area (Å²) < 4.78 is 22.0. The van der Waals surface area contributed by atoms with Gasteiger partial charge in [-0.25, -0.2) is 4.57 Å². The highest BCUT2D eigenvalue weighted by atomic mass is 31.2. The normalized spacial score (nSPS) is 15.1. The third-order valence-corrected chi connectivity index (χ3v) is 10.1. The first kappa shape index (κ1) is 48.9. The number of aliphatic hydroxyl groups is 2. The number of amides is 1. The van der Waals surface area contributed by atoms with Crippen molar-refractivity contribution in [2.24, 2.45) is 5.73 Å². The molecule has 0 aliphatic carbocycles. The number of phosphoric ester groups is 1. The summed E-state index contributed by atoms with van der Waals surface area (Å²) in [5.41, 5.74) is 5.34. The van der Waals surface area contributed by atoms with E-state index in [0.717, 1.165) is 32.1 Å². The van der Waals surface area contributed by atoms with Gasteiger partial charge in [-0.3, -0.25) is 13.8 Å². The summed E-state index contributed by atoms with van der Waals surface area (Å²) in [6.45, 7) is 3.92. The van der Waals surface area contributed by atoms with E-state index in [9.17, 15) is 24.5 Å². The van der Waals surface area contributed by atoms with E-state index in [1.165, 1.54) is 122 Å². The van der Waals surface area contributed by atoms with Gasteiger partial charge in [0, 0.05) is 6.54 Å². The van der Waals surface area contributed by atoms with Crippen molar-refractivity contribution >= 4 is 13.7 Å². The predicted molar refractivity (Wildman–Crippen MR) is 209 cm³/mol. The second kappa shape index (κ2) is 36.3. The maximum Gasteiger partial charge on any atom is 0.472 e. The molecule has 0 saturated carbocycles. The minimum absolute atomic E-state index is 0.0457. The molecule has 0 bridgehead atoms. The quantitative estimate of drug-likeness (QED) is 0.0239. The molecule has 0 aromatic carbocycles. The molecule has 4 atom stereocenters. The Morgan fingerprint density at radius 1 is 0.680 bits per heavy atom. The predicted octanol–water partition coefficient (Wildman–Crippen LogP) is 9.97. The maximum atomic E-state index is 12.8. The van der Waals surface area contributed by atoms with Gasteiger partial charge in [0.05, 0.1) is 37.9 Å². The third-order valence-electron chi connectivity index (χ3n) is 9.08. The number of allylic oxidation sites excluding steroid dienone is 3. The van der Waals surface area contributed by atoms with E-state index in [1.807, 2.05) is 6.08 Å². The zero-order chi connectivity index (χ0) is 37.0. The van der Waals surface area contributed by atoms with Crippen LogP contribution in [0.3, 0.4) is 0 Å². The molecule has 0 fully saturated rings. The Morgan fingerprint density at radius 2 is 1.14 bits per heavy atom. The first-order valence-corrected chi connectivity index (χ1v) is 22.0. The van der Waals surface area contributed by atoms with Crippen molar-refractivity contribution < 1.29 is 33.5 Å². The number of hydrogen-bond donors (Lipinski definition) is 5. The van der Waals surface area contributed by atoms with Crippen LogP contribution in [-0.2, 0) is 18.4 Å². The molecule has 0 aliphatic heterocycles. The lowest BCUT2D eigenvalue weighted by Crippen LogP contribution is -2.46. The number of aliphatic hydroxyl groups excluding tert-OH is 2. The molecule has 6 N–H and O–H groups in total. The summed E-state index contributed by atoms with van der Waals surface area (Å²) in [4.78, 5) is 22.7. The minimum atomic E-state index is -4.40. The SMILES string of the molecule is CCCCCCC/C=C/CC/C=C/C(O)C(COP(=O)(O)OCCN)NC(=O)CC(O)CCCCCCCCCCCCCCCCCCC. The van der Waals surface area contributed by atoms with Gasteiger partial charge in [-0.15, -0.1) is 0 Å². The first-order chi connectivity index (χ1) is 24.3. The van der Waals surface area contributed by atoms with Gasteiger partial charge in [-0.1, -0.05) is 173 Å². The van der Waals surface area contributed by atoms with E-state index < -0.39 is 38.6 Å². The Morgan fingerprint density at radius 3 is 1.66 bits per heavy atom. The first-order valence-electron chi connectivity index (χ1n) is 20.5. The zero-order valence-electron chi connectivity index (χ0n) is 32.3. The number of carbonyl (C=O) groups is 1. The average Bonchev–Trinajstić information content (AvgIpc) is 3.09. The third kappa shape index (κ3) is 34.0. The number of hydrogen-bond acceptors (Lipinski definition) is 7. The van der Waals surface area contributed by atoms with Crippen LogP contribution < -0.4 is 11.1 Å². The number of unbranched alkanes of at least 4 members (excludes halogenated alkanes) is 22. The van der Waals surface area contributed by atoms with Gasteiger partial charge in [0.15, 0.2) is 0 Å². The van der Waals surface area contributed by atoms with Gasteiger partial charge >= 0.3 is 7.82 Å². The van der Waals surface area contributed by atoms with Crippen LogP contribution in [-0.4, -0.2) is 59.0 Å². The smallest absolute Gasteiger partial charge is 0.393 e. The van der Waals surface area contributed by atoms with Crippen molar-refractivity contribution in [2.75, 3.05) is 19.8 Å². The van der Waals surface area contributed by atoms with Crippen LogP contribution in [0.5, 0.6) is 0 Å². The summed E-state index contributed by atoms with van der Waals surface area (Å²) in [5, 5.41) is 23.9. The standard InChI is InChI=1S/C40H79N2O7P/c1-3-5-7-9-11-13-15-16-17-18-19-20-22-23-25-27-29-31-37(43)35-40(45)42-38(36-49-50(46,47)48-34-33-41)39(44)32-30-28-26-24-21-14-12-10-8-6-4-2/h21,24,30,32,37-39,43-44H,3-20,22-23,25-29,31,33-36,41H2,1-2H3,(H,42,45)(H,46,47)/b24-21+,32-30+. The molecule has 0 aromatic heterocycles. The summed E-state index contributed by atoms with van der Waals surface area (Å²) in [5.74, 6) is -0.456. The molecule has 0 saturated heterocycles. The highest BCUT2D eigenvalue weighted by Crippen LogP contribution is 2.43. The van der Waals surface area contributed by atoms with Crippen LogP contribution in [0.15, 0.2) is 24.3 Å². The van der Waals surface area contributed by atoms with Gasteiger partial charge in [0.25, 0.3) is 0 Å². The molecule has 50 heavy (non-hydrogen) atoms. The lowest BCUT2D eigenvalue weighted by Gasteiger charge is -2.24. The zero-order valence-corrected chi connectivity index (χ0v) is 33.1. The van der Waals surface area contributed by atoms with Gasteiger partial charge in [0.2, 0.25) is 5.91 Å². The fourth-order valence-electron chi connectivity index (χ4n) is 5.96. The van der Waals surface area contributed by atoms with Crippen molar-refractivity contribution in [1.82, 2.24) is 5.32 Å². The average molecular weight is 731 g/mol. The molecular weight excluding hydrogens is 651 g/mol. The molecule has 0 radical (unpaired) electrons. The van der Waals surface area contributed by atoms with Crippen molar-refractivity contribution in [3.8, 4) is 0 Å². The summed E-state index contributed by atoms with van der Waals surface area (Å²) in [7, 11) is -4.40. The minimum Gasteiger partial charge on any atom is -0.393 e. The van der Waals surface area contributed by atoms with Crippen LogP contribution in [0.4, 0.5) is 0 Å². The lowest BCUT2D eigenvalue weighted by atomic mass is 10.0. The van der Waals surface area contributed by atoms with E-state index >= 15 is 0 Å². The lowest BCUT2D eigenvalue weighted by molar-refractivity contribution is -0.124. The fourth-order valence-corrected chi connectivity index (χ4v) is 6.72. The molecular formula is C40H79N2O7P. The molecule has 0 rings (SSSR count). The molecule has 296 valence electrons. The summed E-state index contributed by atoms with van der Waals surface area (Å²) in [6.07, 6.45) is 37.0. The monoisotopic (exact) mass is 731 g/mol. The van der Waals surface area contributed by atoms with E-state index in [1.54, 1.807) is 6.08 Å². The number of phosphoric acid groups is 1. The molecule has 4 unspecified atom stereocenters. The van der Waals surface area contributed by atoms with Crippen LogP contribution in [0, 0.1) is 0 Å². The maximum absolute atomic E-state index is 12.8. The molecule has 10 heteroatoms. The molecule has 1 amide bonds. The van der Waals surface area contributed by atoms with Crippen molar-refractivity contribution in [2.45, 2.75) is 205 Å². The Hall–Kier alpha value is -1.06. The van der Waals surface area contributed by atoms with Crippen LogP contribution in [0.1, 0.15) is 187 Å². The van der Waals surface area contributed by atoms with Gasteiger partial charge in [0.1, 0.15) is 0 Å².